The lowest BCUT2D eigenvalue weighted by atomic mass is 9.96. The van der Waals surface area contributed by atoms with E-state index in [1.165, 1.54) is 17.3 Å². The molecule has 3 heterocycles. The van der Waals surface area contributed by atoms with E-state index in [0.717, 1.165) is 57.7 Å². The van der Waals surface area contributed by atoms with E-state index < -0.39 is 0 Å². The van der Waals surface area contributed by atoms with Gasteiger partial charge >= 0.3 is 0 Å². The number of aryl methyl sites for hydroxylation is 2. The highest BCUT2D eigenvalue weighted by atomic mass is 32.2. The molecule has 2 aromatic carbocycles. The summed E-state index contributed by atoms with van der Waals surface area (Å²) >= 11 is 1.48. The second kappa shape index (κ2) is 6.74. The second-order valence-corrected chi connectivity index (χ2v) is 8.47. The first kappa shape index (κ1) is 17.4. The van der Waals surface area contributed by atoms with Crippen molar-refractivity contribution in [3.05, 3.63) is 64.7 Å². The van der Waals surface area contributed by atoms with Gasteiger partial charge in [0, 0.05) is 17.5 Å². The van der Waals surface area contributed by atoms with Crippen molar-refractivity contribution in [2.75, 3.05) is 17.2 Å². The number of hydrogen-bond donors (Lipinski definition) is 0. The van der Waals surface area contributed by atoms with Crippen LogP contribution in [0.4, 0.5) is 5.69 Å². The number of fused-ring (bicyclic) bond motifs is 1. The van der Waals surface area contributed by atoms with E-state index >= 15 is 0 Å². The fraction of sp³-hybridized carbons (Fsp3) is 0.261. The molecule has 0 aliphatic carbocycles. The van der Waals surface area contributed by atoms with Crippen LogP contribution in [0.1, 0.15) is 33.5 Å². The molecule has 2 aliphatic rings. The van der Waals surface area contributed by atoms with Crippen molar-refractivity contribution in [3.8, 4) is 0 Å². The van der Waals surface area contributed by atoms with Crippen molar-refractivity contribution in [1.29, 1.82) is 0 Å². The Labute approximate surface area is 168 Å². The Morgan fingerprint density at radius 1 is 1.18 bits per heavy atom. The van der Waals surface area contributed by atoms with Gasteiger partial charge in [0.05, 0.1) is 28.4 Å². The maximum absolute atomic E-state index is 12.9. The minimum absolute atomic E-state index is 0.0909. The zero-order valence-electron chi connectivity index (χ0n) is 15.7. The number of hydrogen-bond acceptors (Lipinski definition) is 4. The van der Waals surface area contributed by atoms with E-state index in [4.69, 9.17) is 0 Å². The molecule has 0 unspecified atom stereocenters. The van der Waals surface area contributed by atoms with Crippen molar-refractivity contribution in [2.24, 2.45) is 0 Å². The summed E-state index contributed by atoms with van der Waals surface area (Å²) < 4.78 is 0. The Bertz CT molecular complexity index is 1140. The number of aromatic nitrogens is 1. The summed E-state index contributed by atoms with van der Waals surface area (Å²) in [6.07, 6.45) is 2.32. The van der Waals surface area contributed by atoms with Gasteiger partial charge in [0.2, 0.25) is 5.91 Å². The Morgan fingerprint density at radius 2 is 2.00 bits per heavy atom. The third kappa shape index (κ3) is 2.90. The molecule has 0 radical (unpaired) electrons. The molecule has 3 aromatic rings. The highest BCUT2D eigenvalue weighted by molar-refractivity contribution is 7.99. The molecule has 5 rings (SSSR count). The van der Waals surface area contributed by atoms with Gasteiger partial charge in [-0.2, -0.15) is 0 Å². The second-order valence-electron chi connectivity index (χ2n) is 7.48. The predicted octanol–water partition coefficient (Wildman–Crippen LogP) is 4.35. The number of anilines is 1. The van der Waals surface area contributed by atoms with Crippen LogP contribution >= 0.6 is 11.8 Å². The van der Waals surface area contributed by atoms with Gasteiger partial charge in [-0.15, -0.1) is 0 Å². The molecular weight excluding hydrogens is 368 g/mol. The van der Waals surface area contributed by atoms with Crippen LogP contribution in [0.3, 0.4) is 0 Å². The third-order valence-corrected chi connectivity index (χ3v) is 6.49. The Morgan fingerprint density at radius 3 is 2.89 bits per heavy atom. The molecule has 1 aromatic heterocycles. The highest BCUT2D eigenvalue weighted by Crippen LogP contribution is 2.38. The van der Waals surface area contributed by atoms with Gasteiger partial charge in [0.25, 0.3) is 0 Å². The van der Waals surface area contributed by atoms with Gasteiger partial charge in [-0.3, -0.25) is 9.59 Å². The predicted molar refractivity (Wildman–Crippen MR) is 112 cm³/mol. The summed E-state index contributed by atoms with van der Waals surface area (Å²) in [5.74, 6) is 0.597. The lowest BCUT2D eigenvalue weighted by Gasteiger charge is -2.25. The third-order valence-electron chi connectivity index (χ3n) is 5.58. The Balaban J connectivity index is 1.38. The van der Waals surface area contributed by atoms with Gasteiger partial charge < -0.3 is 4.90 Å². The van der Waals surface area contributed by atoms with Crippen molar-refractivity contribution in [2.45, 2.75) is 31.2 Å². The molecule has 1 amide bonds. The molecule has 0 N–H and O–H groups in total. The average molecular weight is 388 g/mol. The quantitative estimate of drug-likeness (QED) is 0.492. The summed E-state index contributed by atoms with van der Waals surface area (Å²) in [6.45, 7) is 2.87. The van der Waals surface area contributed by atoms with Gasteiger partial charge in [-0.25, -0.2) is 4.98 Å². The van der Waals surface area contributed by atoms with Crippen molar-refractivity contribution in [1.82, 2.24) is 4.98 Å². The monoisotopic (exact) mass is 388 g/mol. The van der Waals surface area contributed by atoms with Crippen LogP contribution in [0.25, 0.3) is 10.9 Å². The smallest absolute Gasteiger partial charge is 0.231 e. The fourth-order valence-electron chi connectivity index (χ4n) is 4.26. The summed E-state index contributed by atoms with van der Waals surface area (Å²) in [4.78, 5) is 31.6. The normalized spacial score (nSPS) is 15.2. The number of benzene rings is 2. The van der Waals surface area contributed by atoms with Gasteiger partial charge in [0.15, 0.2) is 5.78 Å². The molecule has 0 spiro atoms. The largest absolute Gasteiger partial charge is 0.312 e. The first-order valence-corrected chi connectivity index (χ1v) is 10.6. The molecule has 0 atom stereocenters. The summed E-state index contributed by atoms with van der Waals surface area (Å²) in [5, 5.41) is 2.01. The number of carbonyl (C=O) groups is 2. The minimum Gasteiger partial charge on any atom is -0.312 e. The van der Waals surface area contributed by atoms with E-state index in [0.29, 0.717) is 12.2 Å². The summed E-state index contributed by atoms with van der Waals surface area (Å²) in [5.41, 5.74) is 6.06. The number of rotatable bonds is 4. The molecule has 0 bridgehead atoms. The zero-order chi connectivity index (χ0) is 19.3. The van der Waals surface area contributed by atoms with Crippen LogP contribution in [0.2, 0.25) is 0 Å². The highest BCUT2D eigenvalue weighted by Gasteiger charge is 2.32. The number of para-hydroxylation sites is 1. The van der Waals surface area contributed by atoms with Crippen LogP contribution in [0, 0.1) is 6.92 Å². The maximum Gasteiger partial charge on any atom is 0.231 e. The van der Waals surface area contributed by atoms with Crippen molar-refractivity contribution < 1.29 is 9.59 Å². The van der Waals surface area contributed by atoms with Crippen molar-refractivity contribution in [3.63, 3.8) is 0 Å². The zero-order valence-corrected chi connectivity index (χ0v) is 16.5. The van der Waals surface area contributed by atoms with Crippen LogP contribution in [0.15, 0.2) is 47.5 Å². The Hall–Kier alpha value is -2.66. The molecule has 0 saturated carbocycles. The summed E-state index contributed by atoms with van der Waals surface area (Å²) in [7, 11) is 0. The first-order chi connectivity index (χ1) is 13.6. The molecule has 28 heavy (non-hydrogen) atoms. The van der Waals surface area contributed by atoms with E-state index in [1.807, 2.05) is 41.3 Å². The van der Waals surface area contributed by atoms with Crippen LogP contribution in [-0.4, -0.2) is 29.0 Å². The topological polar surface area (TPSA) is 50.3 Å². The molecule has 0 fully saturated rings. The Kier molecular flexibility index (Phi) is 4.20. The first-order valence-electron chi connectivity index (χ1n) is 9.59. The molecule has 4 nitrogen and oxygen atoms in total. The number of Topliss-reactive ketones (excluding diaryl/α,β-unsaturated/α-hetero) is 1. The van der Waals surface area contributed by atoms with E-state index in [9.17, 15) is 9.59 Å². The number of thioether (sulfide) groups is 1. The maximum atomic E-state index is 12.9. The molecule has 5 heteroatoms. The standard InChI is InChI=1S/C23H20N2O2S/c1-14-9-21(24-19-7-3-2-6-18(14)19)28-13-20(26)16-10-15-5-4-8-25-22(27)12-17(11-16)23(15)25/h2-3,6-7,9-11H,4-5,8,12-13H2,1H3. The van der Waals surface area contributed by atoms with E-state index in [1.54, 1.807) is 0 Å². The van der Waals surface area contributed by atoms with Crippen LogP contribution in [-0.2, 0) is 17.6 Å². The lowest BCUT2D eigenvalue weighted by Crippen LogP contribution is -2.31. The lowest BCUT2D eigenvalue weighted by molar-refractivity contribution is -0.117. The minimum atomic E-state index is 0.0909. The summed E-state index contributed by atoms with van der Waals surface area (Å²) in [6, 6.07) is 14.0. The van der Waals surface area contributed by atoms with Crippen LogP contribution in [0.5, 0.6) is 0 Å². The van der Waals surface area contributed by atoms with E-state index in [2.05, 4.69) is 18.0 Å². The number of amides is 1. The van der Waals surface area contributed by atoms with Gasteiger partial charge in [0.1, 0.15) is 0 Å². The van der Waals surface area contributed by atoms with Gasteiger partial charge in [-0.1, -0.05) is 30.0 Å². The number of pyridine rings is 1. The molecule has 140 valence electrons. The van der Waals surface area contributed by atoms with Gasteiger partial charge in [-0.05, 0) is 60.7 Å². The fourth-order valence-corrected chi connectivity index (χ4v) is 5.12. The average Bonchev–Trinajstić information content (AvgIpc) is 3.03. The number of carbonyl (C=O) groups excluding carboxylic acids is 2. The van der Waals surface area contributed by atoms with Crippen LogP contribution < -0.4 is 4.90 Å². The van der Waals surface area contributed by atoms with E-state index in [-0.39, 0.29) is 11.7 Å². The number of ketones is 1. The molecule has 2 aliphatic heterocycles. The number of nitrogens with zero attached hydrogens (tertiary/aromatic N) is 2. The SMILES string of the molecule is Cc1cc(SCC(=O)c2cc3c4c(c2)CC(=O)N4CCC3)nc2ccccc12. The molecule has 0 saturated heterocycles. The van der Waals surface area contributed by atoms with Crippen molar-refractivity contribution >= 4 is 40.0 Å². The molecular formula is C23H20N2O2S.